The highest BCUT2D eigenvalue weighted by molar-refractivity contribution is 5.10. The third kappa shape index (κ3) is 11.0. The molecule has 0 fully saturated rings. The monoisotopic (exact) mass is 190 g/mol. The lowest BCUT2D eigenvalue weighted by molar-refractivity contribution is 0.674. The molecule has 0 unspecified atom stereocenters. The fourth-order valence-electron chi connectivity index (χ4n) is 1.14. The zero-order valence-corrected chi connectivity index (χ0v) is 9.50. The number of allylic oxidation sites excluding steroid dienone is 5. The van der Waals surface area contributed by atoms with Gasteiger partial charge in [-0.05, 0) is 31.9 Å². The second-order valence-corrected chi connectivity index (χ2v) is 3.28. The van der Waals surface area contributed by atoms with Crippen LogP contribution in [0.15, 0.2) is 42.2 Å². The molecular weight excluding hydrogens is 168 g/mol. The topological polar surface area (TPSA) is 0 Å². The zero-order valence-electron chi connectivity index (χ0n) is 9.50. The Kier molecular flexibility index (Phi) is 11.1. The lowest BCUT2D eigenvalue weighted by atomic mass is 10.1. The van der Waals surface area contributed by atoms with Crippen LogP contribution in [0.3, 0.4) is 0 Å². The molecular formula is C14H22. The third-order valence-electron chi connectivity index (χ3n) is 1.94. The molecule has 0 rings (SSSR count). The van der Waals surface area contributed by atoms with Gasteiger partial charge < -0.3 is 0 Å². The van der Waals surface area contributed by atoms with E-state index in [-0.39, 0.29) is 0 Å². The predicted molar refractivity (Wildman–Crippen MR) is 65.4 cm³/mol. The van der Waals surface area contributed by atoms with Crippen LogP contribution in [0.25, 0.3) is 0 Å². The van der Waals surface area contributed by atoms with E-state index < -0.39 is 0 Å². The first-order valence-corrected chi connectivity index (χ1v) is 5.60. The van der Waals surface area contributed by atoms with E-state index in [9.17, 15) is 0 Å². The van der Waals surface area contributed by atoms with Gasteiger partial charge in [0.25, 0.3) is 0 Å². The minimum atomic E-state index is 1.21. The van der Waals surface area contributed by atoms with Crippen molar-refractivity contribution in [3.63, 3.8) is 0 Å². The maximum atomic E-state index is 3.00. The minimum absolute atomic E-state index is 1.21. The highest BCUT2D eigenvalue weighted by Crippen LogP contribution is 2.02. The van der Waals surface area contributed by atoms with Crippen molar-refractivity contribution in [2.75, 3.05) is 0 Å². The molecule has 0 N–H and O–H groups in total. The summed E-state index contributed by atoms with van der Waals surface area (Å²) >= 11 is 0. The highest BCUT2D eigenvalue weighted by atomic mass is 13.9. The first-order valence-electron chi connectivity index (χ1n) is 5.60. The molecule has 78 valence electrons. The van der Waals surface area contributed by atoms with Crippen molar-refractivity contribution in [3.8, 4) is 0 Å². The predicted octanol–water partition coefficient (Wildman–Crippen LogP) is 4.80. The summed E-state index contributed by atoms with van der Waals surface area (Å²) in [5, 5.41) is 0. The molecule has 0 saturated carbocycles. The Bertz CT molecular complexity index is 212. The quantitative estimate of drug-likeness (QED) is 0.307. The average Bonchev–Trinajstić information content (AvgIpc) is 2.21. The molecule has 0 atom stereocenters. The summed E-state index contributed by atoms with van der Waals surface area (Å²) in [6.45, 7) is 4.21. The van der Waals surface area contributed by atoms with Gasteiger partial charge in [0.1, 0.15) is 0 Å². The molecule has 0 amide bonds. The van der Waals surface area contributed by atoms with Gasteiger partial charge in [0, 0.05) is 0 Å². The van der Waals surface area contributed by atoms with Crippen molar-refractivity contribution in [2.24, 2.45) is 0 Å². The first kappa shape index (κ1) is 13.0. The molecule has 0 aromatic carbocycles. The molecule has 0 nitrogen and oxygen atoms in total. The highest BCUT2D eigenvalue weighted by Gasteiger charge is 1.82. The van der Waals surface area contributed by atoms with Crippen molar-refractivity contribution >= 4 is 0 Å². The van der Waals surface area contributed by atoms with E-state index in [1.807, 2.05) is 25.2 Å². The number of hydrogen-bond donors (Lipinski definition) is 0. The fourth-order valence-corrected chi connectivity index (χ4v) is 1.14. The van der Waals surface area contributed by atoms with Crippen LogP contribution in [0.4, 0.5) is 0 Å². The first-order chi connectivity index (χ1) is 6.91. The summed E-state index contributed by atoms with van der Waals surface area (Å²) in [4.78, 5) is 0. The second-order valence-electron chi connectivity index (χ2n) is 3.28. The van der Waals surface area contributed by atoms with Gasteiger partial charge in [-0.15, -0.1) is 5.73 Å². The van der Waals surface area contributed by atoms with E-state index in [2.05, 4.69) is 30.9 Å². The molecule has 0 spiro atoms. The van der Waals surface area contributed by atoms with Gasteiger partial charge in [-0.2, -0.15) is 0 Å². The fraction of sp³-hybridized carbons (Fsp3) is 0.500. The van der Waals surface area contributed by atoms with Crippen LogP contribution in [0, 0.1) is 0 Å². The maximum Gasteiger partial charge on any atom is -0.0203 e. The molecule has 0 radical (unpaired) electrons. The molecule has 0 aliphatic rings. The summed E-state index contributed by atoms with van der Waals surface area (Å²) < 4.78 is 0. The smallest absolute Gasteiger partial charge is 0.0203 e. The van der Waals surface area contributed by atoms with E-state index in [1.54, 1.807) is 0 Å². The van der Waals surface area contributed by atoms with Gasteiger partial charge in [0.15, 0.2) is 0 Å². The normalized spacial score (nSPS) is 10.7. The molecule has 14 heavy (non-hydrogen) atoms. The summed E-state index contributed by atoms with van der Waals surface area (Å²) in [5.74, 6) is 0. The van der Waals surface area contributed by atoms with Crippen LogP contribution in [0.5, 0.6) is 0 Å². The average molecular weight is 190 g/mol. The van der Waals surface area contributed by atoms with Crippen molar-refractivity contribution in [1.82, 2.24) is 0 Å². The van der Waals surface area contributed by atoms with Crippen LogP contribution in [-0.4, -0.2) is 0 Å². The molecule has 0 aromatic heterocycles. The van der Waals surface area contributed by atoms with Crippen LogP contribution < -0.4 is 0 Å². The van der Waals surface area contributed by atoms with E-state index in [0.717, 1.165) is 0 Å². The maximum absolute atomic E-state index is 3.00. The zero-order chi connectivity index (χ0) is 10.5. The standard InChI is InChI=1S/C14H22/c1-3-5-7-9-11-13-14-12-10-8-6-4-2/h3,7,9,11,13-14H,4,6,8,10,12H2,1-2H3. The molecule has 0 aliphatic carbocycles. The Morgan fingerprint density at radius 3 is 2.57 bits per heavy atom. The van der Waals surface area contributed by atoms with Gasteiger partial charge >= 0.3 is 0 Å². The van der Waals surface area contributed by atoms with Gasteiger partial charge in [0.05, 0.1) is 0 Å². The molecule has 0 saturated heterocycles. The van der Waals surface area contributed by atoms with Crippen LogP contribution in [0.1, 0.15) is 46.0 Å². The Morgan fingerprint density at radius 1 is 1.00 bits per heavy atom. The Balaban J connectivity index is 3.35. The van der Waals surface area contributed by atoms with E-state index >= 15 is 0 Å². The van der Waals surface area contributed by atoms with Gasteiger partial charge in [-0.1, -0.05) is 50.5 Å². The van der Waals surface area contributed by atoms with E-state index in [1.165, 1.54) is 32.1 Å². The van der Waals surface area contributed by atoms with Crippen LogP contribution in [0.2, 0.25) is 0 Å². The van der Waals surface area contributed by atoms with Crippen LogP contribution >= 0.6 is 0 Å². The second kappa shape index (κ2) is 12.0. The van der Waals surface area contributed by atoms with Gasteiger partial charge in [0.2, 0.25) is 0 Å². The molecule has 0 heterocycles. The van der Waals surface area contributed by atoms with Gasteiger partial charge in [-0.3, -0.25) is 0 Å². The van der Waals surface area contributed by atoms with Gasteiger partial charge in [-0.25, -0.2) is 0 Å². The Hall–Kier alpha value is -1.00. The van der Waals surface area contributed by atoms with Crippen LogP contribution in [-0.2, 0) is 0 Å². The summed E-state index contributed by atoms with van der Waals surface area (Å²) in [6, 6.07) is 0. The number of unbranched alkanes of at least 4 members (excludes halogenated alkanes) is 4. The molecule has 0 aliphatic heterocycles. The lowest BCUT2D eigenvalue weighted by Gasteiger charge is -1.92. The van der Waals surface area contributed by atoms with Crippen molar-refractivity contribution in [1.29, 1.82) is 0 Å². The molecule has 0 aromatic rings. The number of rotatable bonds is 7. The summed E-state index contributed by atoms with van der Waals surface area (Å²) in [7, 11) is 0. The van der Waals surface area contributed by atoms with E-state index in [4.69, 9.17) is 0 Å². The summed E-state index contributed by atoms with van der Waals surface area (Å²) in [5.41, 5.74) is 3.00. The Morgan fingerprint density at radius 2 is 1.86 bits per heavy atom. The van der Waals surface area contributed by atoms with Crippen molar-refractivity contribution in [3.05, 3.63) is 42.2 Å². The van der Waals surface area contributed by atoms with Crippen molar-refractivity contribution < 1.29 is 0 Å². The number of hydrogen-bond acceptors (Lipinski definition) is 0. The summed E-state index contributed by atoms with van der Waals surface area (Å²) in [6.07, 6.45) is 18.8. The third-order valence-corrected chi connectivity index (χ3v) is 1.94. The van der Waals surface area contributed by atoms with Crippen molar-refractivity contribution in [2.45, 2.75) is 46.0 Å². The lowest BCUT2D eigenvalue weighted by Crippen LogP contribution is -1.72. The van der Waals surface area contributed by atoms with E-state index in [0.29, 0.717) is 0 Å². The largest absolute Gasteiger partial charge is 0.125 e. The Labute approximate surface area is 88.7 Å². The molecule has 0 heteroatoms. The minimum Gasteiger partial charge on any atom is -0.125 e. The SMILES string of the molecule is CC=C=CC=CC=CCCCCCC. The molecule has 0 bridgehead atoms.